The Morgan fingerprint density at radius 2 is 1.71 bits per heavy atom. The van der Waals surface area contributed by atoms with Gasteiger partial charge in [-0.15, -0.1) is 5.10 Å². The van der Waals surface area contributed by atoms with E-state index in [4.69, 9.17) is 10.7 Å². The van der Waals surface area contributed by atoms with Gasteiger partial charge in [-0.3, -0.25) is 14.5 Å². The van der Waals surface area contributed by atoms with Crippen LogP contribution in [0.15, 0.2) is 48.8 Å². The lowest BCUT2D eigenvalue weighted by molar-refractivity contribution is -0.118. The van der Waals surface area contributed by atoms with Crippen molar-refractivity contribution in [3.8, 4) is 22.5 Å². The van der Waals surface area contributed by atoms with E-state index in [2.05, 4.69) is 43.0 Å². The molecule has 1 amide bonds. The van der Waals surface area contributed by atoms with Crippen molar-refractivity contribution in [1.29, 1.82) is 0 Å². The van der Waals surface area contributed by atoms with E-state index in [1.807, 2.05) is 39.1 Å². The molecular weight excluding hydrogens is 522 g/mol. The molecule has 1 aromatic carbocycles. The Hall–Kier alpha value is -4.01. The summed E-state index contributed by atoms with van der Waals surface area (Å²) in [6, 6.07) is 9.51. The molecule has 4 rings (SSSR count). The second-order valence-corrected chi connectivity index (χ2v) is 10.8. The van der Waals surface area contributed by atoms with E-state index >= 15 is 0 Å². The van der Waals surface area contributed by atoms with Crippen molar-refractivity contribution in [2.24, 2.45) is 5.73 Å². The van der Waals surface area contributed by atoms with Crippen molar-refractivity contribution in [2.75, 3.05) is 0 Å². The lowest BCUT2D eigenvalue weighted by atomic mass is 9.76. The number of nitrogens with zero attached hydrogens (tertiary/aromatic N) is 5. The Labute approximate surface area is 241 Å². The molecule has 0 bridgehead atoms. The molecule has 0 saturated carbocycles. The van der Waals surface area contributed by atoms with E-state index in [-0.39, 0.29) is 29.5 Å². The molecule has 0 saturated heterocycles. The molecule has 0 aliphatic rings. The first-order valence-corrected chi connectivity index (χ1v) is 14.1. The van der Waals surface area contributed by atoms with Crippen molar-refractivity contribution >= 4 is 5.91 Å². The van der Waals surface area contributed by atoms with Gasteiger partial charge in [0.1, 0.15) is 11.6 Å². The van der Waals surface area contributed by atoms with Crippen LogP contribution < -0.4 is 5.73 Å². The third-order valence-corrected chi connectivity index (χ3v) is 6.95. The molecule has 3 heterocycles. The molecule has 9 heteroatoms. The number of amides is 1. The molecule has 2 N–H and O–H groups in total. The molecule has 3 aromatic heterocycles. The summed E-state index contributed by atoms with van der Waals surface area (Å²) in [5.41, 5.74) is 9.57. The summed E-state index contributed by atoms with van der Waals surface area (Å²) >= 11 is 0. The maximum absolute atomic E-state index is 14.5. The standard InChI is InChI=1S/C29H32F2N6O.C3H8/c1-6-29(5,25-13-18(4)12-23(34-25)19-15-33-37(16-19)11-10-26(32)38)28-20(17(2)3)14-24(35-36-28)27-21(30)8-7-9-22(27)31;1-3-2/h7-9,12-17H,6,10-11H2,1-5H3,(H2,32,38);3H2,1-2H3. The Morgan fingerprint density at radius 1 is 1.05 bits per heavy atom. The van der Waals surface area contributed by atoms with E-state index in [1.54, 1.807) is 16.9 Å². The van der Waals surface area contributed by atoms with Crippen molar-refractivity contribution in [3.63, 3.8) is 0 Å². The van der Waals surface area contributed by atoms with Gasteiger partial charge in [-0.05, 0) is 67.6 Å². The van der Waals surface area contributed by atoms with E-state index in [0.29, 0.717) is 13.0 Å². The van der Waals surface area contributed by atoms with Gasteiger partial charge in [0, 0.05) is 24.7 Å². The number of pyridine rings is 1. The molecule has 1 unspecified atom stereocenters. The SMILES string of the molecule is CCC.CCC(C)(c1cc(C)cc(-c2cnn(CCC(N)=O)c2)n1)c1nnc(-c2c(F)cccc2F)cc1C(C)C. The van der Waals surface area contributed by atoms with Gasteiger partial charge in [0.05, 0.1) is 40.0 Å². The fourth-order valence-electron chi connectivity index (χ4n) is 4.55. The second kappa shape index (κ2) is 13.6. The average molecular weight is 563 g/mol. The largest absolute Gasteiger partial charge is 0.370 e. The van der Waals surface area contributed by atoms with Gasteiger partial charge in [-0.2, -0.15) is 10.2 Å². The highest BCUT2D eigenvalue weighted by atomic mass is 19.1. The molecule has 0 aliphatic carbocycles. The van der Waals surface area contributed by atoms with Crippen molar-refractivity contribution in [3.05, 3.63) is 82.9 Å². The second-order valence-electron chi connectivity index (χ2n) is 10.8. The number of primary amides is 1. The first-order valence-electron chi connectivity index (χ1n) is 14.1. The van der Waals surface area contributed by atoms with Gasteiger partial charge in [-0.1, -0.05) is 47.1 Å². The zero-order valence-corrected chi connectivity index (χ0v) is 25.0. The highest BCUT2D eigenvalue weighted by molar-refractivity contribution is 5.73. The number of nitrogens with two attached hydrogens (primary N) is 1. The number of benzene rings is 1. The smallest absolute Gasteiger partial charge is 0.219 e. The van der Waals surface area contributed by atoms with Crippen LogP contribution in [0, 0.1) is 18.6 Å². The highest BCUT2D eigenvalue weighted by Crippen LogP contribution is 2.39. The van der Waals surface area contributed by atoms with E-state index < -0.39 is 17.0 Å². The summed E-state index contributed by atoms with van der Waals surface area (Å²) in [5, 5.41) is 13.2. The summed E-state index contributed by atoms with van der Waals surface area (Å²) in [6.45, 7) is 14.8. The predicted octanol–water partition coefficient (Wildman–Crippen LogP) is 7.12. The normalized spacial score (nSPS) is 12.5. The highest BCUT2D eigenvalue weighted by Gasteiger charge is 2.35. The minimum atomic E-state index is -0.679. The first kappa shape index (κ1) is 31.5. The number of hydrogen-bond donors (Lipinski definition) is 1. The number of aryl methyl sites for hydroxylation is 2. The number of carbonyl (C=O) groups is 1. The molecule has 1 atom stereocenters. The van der Waals surface area contributed by atoms with Crippen LogP contribution in [0.5, 0.6) is 0 Å². The van der Waals surface area contributed by atoms with Gasteiger partial charge in [0.15, 0.2) is 0 Å². The molecule has 4 aromatic rings. The maximum atomic E-state index is 14.5. The van der Waals surface area contributed by atoms with Crippen LogP contribution in [0.4, 0.5) is 8.78 Å². The van der Waals surface area contributed by atoms with Crippen LogP contribution in [-0.4, -0.2) is 30.9 Å². The van der Waals surface area contributed by atoms with E-state index in [9.17, 15) is 13.6 Å². The van der Waals surface area contributed by atoms with Crippen molar-refractivity contribution in [1.82, 2.24) is 25.0 Å². The van der Waals surface area contributed by atoms with Crippen molar-refractivity contribution in [2.45, 2.75) is 85.6 Å². The number of carbonyl (C=O) groups excluding carboxylic acids is 1. The lowest BCUT2D eigenvalue weighted by Crippen LogP contribution is -2.28. The molecule has 41 heavy (non-hydrogen) atoms. The minimum Gasteiger partial charge on any atom is -0.370 e. The molecule has 7 nitrogen and oxygen atoms in total. The van der Waals surface area contributed by atoms with Gasteiger partial charge < -0.3 is 5.73 Å². The minimum absolute atomic E-state index is 0.0210. The van der Waals surface area contributed by atoms with Crippen LogP contribution in [0.25, 0.3) is 22.5 Å². The summed E-state index contributed by atoms with van der Waals surface area (Å²) in [5.74, 6) is -1.72. The van der Waals surface area contributed by atoms with Gasteiger partial charge in [-0.25, -0.2) is 8.78 Å². The molecule has 0 spiro atoms. The van der Waals surface area contributed by atoms with E-state index in [0.717, 1.165) is 33.8 Å². The number of hydrogen-bond acceptors (Lipinski definition) is 5. The third kappa shape index (κ3) is 7.20. The quantitative estimate of drug-likeness (QED) is 0.234. The van der Waals surface area contributed by atoms with Crippen LogP contribution in [-0.2, 0) is 16.8 Å². The fourth-order valence-corrected chi connectivity index (χ4v) is 4.55. The Kier molecular flexibility index (Phi) is 10.4. The number of halogens is 2. The lowest BCUT2D eigenvalue weighted by Gasteiger charge is -2.30. The predicted molar refractivity (Wildman–Crippen MR) is 158 cm³/mol. The molecule has 0 aliphatic heterocycles. The van der Waals surface area contributed by atoms with Crippen LogP contribution in [0.2, 0.25) is 0 Å². The Balaban J connectivity index is 0.00000147. The monoisotopic (exact) mass is 562 g/mol. The average Bonchev–Trinajstić information content (AvgIpc) is 3.41. The zero-order valence-electron chi connectivity index (χ0n) is 25.0. The van der Waals surface area contributed by atoms with E-state index in [1.165, 1.54) is 24.6 Å². The Morgan fingerprint density at radius 3 is 2.29 bits per heavy atom. The zero-order chi connectivity index (χ0) is 30.3. The van der Waals surface area contributed by atoms with Crippen LogP contribution in [0.1, 0.15) is 89.2 Å². The third-order valence-electron chi connectivity index (χ3n) is 6.95. The molecule has 218 valence electrons. The topological polar surface area (TPSA) is 99.6 Å². The molecule has 0 fully saturated rings. The molecule has 0 radical (unpaired) electrons. The molecular formula is C32H40F2N6O. The van der Waals surface area contributed by atoms with Gasteiger partial charge >= 0.3 is 0 Å². The summed E-state index contributed by atoms with van der Waals surface area (Å²) in [4.78, 5) is 16.2. The summed E-state index contributed by atoms with van der Waals surface area (Å²) in [6.07, 6.45) is 5.68. The van der Waals surface area contributed by atoms with Gasteiger partial charge in [0.2, 0.25) is 5.91 Å². The maximum Gasteiger partial charge on any atom is 0.219 e. The Bertz CT molecular complexity index is 1480. The number of rotatable bonds is 9. The van der Waals surface area contributed by atoms with Crippen molar-refractivity contribution < 1.29 is 13.6 Å². The summed E-state index contributed by atoms with van der Waals surface area (Å²) in [7, 11) is 0. The number of aromatic nitrogens is 5. The fraction of sp³-hybridized carbons (Fsp3) is 0.406. The van der Waals surface area contributed by atoms with Gasteiger partial charge in [0.25, 0.3) is 0 Å². The summed E-state index contributed by atoms with van der Waals surface area (Å²) < 4.78 is 30.7. The van der Waals surface area contributed by atoms with Crippen LogP contribution in [0.3, 0.4) is 0 Å². The van der Waals surface area contributed by atoms with Crippen LogP contribution >= 0.6 is 0 Å². The first-order chi connectivity index (χ1) is 19.4.